The van der Waals surface area contributed by atoms with Crippen LogP contribution in [0.3, 0.4) is 0 Å². The van der Waals surface area contributed by atoms with Gasteiger partial charge < -0.3 is 19.9 Å². The molecular weight excluding hydrogens is 312 g/mol. The normalized spacial score (nSPS) is 19.2. The third-order valence-corrected chi connectivity index (χ3v) is 4.44. The summed E-state index contributed by atoms with van der Waals surface area (Å²) in [7, 11) is 0. The van der Waals surface area contributed by atoms with Crippen molar-refractivity contribution in [2.75, 3.05) is 65.6 Å². The third-order valence-electron chi connectivity index (χ3n) is 4.44. The molecule has 0 atom stereocenters. The molecule has 0 saturated carbocycles. The van der Waals surface area contributed by atoms with Gasteiger partial charge in [-0.15, -0.1) is 0 Å². The van der Waals surface area contributed by atoms with Gasteiger partial charge in [0.2, 0.25) is 17.7 Å². The first-order valence-corrected chi connectivity index (χ1v) is 8.66. The fourth-order valence-electron chi connectivity index (χ4n) is 2.95. The van der Waals surface area contributed by atoms with Crippen LogP contribution in [0, 0.1) is 0 Å². The zero-order valence-electron chi connectivity index (χ0n) is 14.5. The van der Waals surface area contributed by atoms with Crippen LogP contribution in [0.15, 0.2) is 0 Å². The molecule has 0 aromatic heterocycles. The fraction of sp³-hybridized carbons (Fsp3) is 0.812. The first-order chi connectivity index (χ1) is 11.6. The van der Waals surface area contributed by atoms with Crippen molar-refractivity contribution in [1.82, 2.24) is 20.0 Å². The topological polar surface area (TPSA) is 82.2 Å². The summed E-state index contributed by atoms with van der Waals surface area (Å²) < 4.78 is 5.30. The minimum Gasteiger partial charge on any atom is -0.379 e. The minimum absolute atomic E-state index is 0.0316. The molecule has 2 aliphatic rings. The summed E-state index contributed by atoms with van der Waals surface area (Å²) in [5.74, 6) is 0.0643. The van der Waals surface area contributed by atoms with E-state index in [-0.39, 0.29) is 17.7 Å². The second kappa shape index (κ2) is 9.58. The van der Waals surface area contributed by atoms with Crippen molar-refractivity contribution in [2.24, 2.45) is 0 Å². The summed E-state index contributed by atoms with van der Waals surface area (Å²) in [5.41, 5.74) is 0. The number of piperazine rings is 1. The van der Waals surface area contributed by atoms with E-state index in [1.165, 1.54) is 6.92 Å². The fourth-order valence-corrected chi connectivity index (χ4v) is 2.95. The van der Waals surface area contributed by atoms with Gasteiger partial charge in [-0.1, -0.05) is 0 Å². The van der Waals surface area contributed by atoms with Crippen LogP contribution in [0.25, 0.3) is 0 Å². The third kappa shape index (κ3) is 6.09. The van der Waals surface area contributed by atoms with Gasteiger partial charge in [0.15, 0.2) is 0 Å². The number of carbonyl (C=O) groups excluding carboxylic acids is 3. The Kier molecular flexibility index (Phi) is 7.45. The molecule has 0 spiro atoms. The molecule has 8 heteroatoms. The highest BCUT2D eigenvalue weighted by Crippen LogP contribution is 2.07. The minimum atomic E-state index is -0.126. The Bertz CT molecular complexity index is 443. The molecule has 0 unspecified atom stereocenters. The average Bonchev–Trinajstić information content (AvgIpc) is 2.60. The van der Waals surface area contributed by atoms with Gasteiger partial charge in [-0.3, -0.25) is 19.3 Å². The van der Waals surface area contributed by atoms with Crippen molar-refractivity contribution >= 4 is 17.7 Å². The monoisotopic (exact) mass is 340 g/mol. The molecule has 2 saturated heterocycles. The molecule has 2 heterocycles. The largest absolute Gasteiger partial charge is 0.379 e. The number of nitrogens with zero attached hydrogens (tertiary/aromatic N) is 3. The number of ether oxygens (including phenoxy) is 1. The van der Waals surface area contributed by atoms with Crippen LogP contribution in [0.2, 0.25) is 0 Å². The van der Waals surface area contributed by atoms with Crippen molar-refractivity contribution in [1.29, 1.82) is 0 Å². The Balaban J connectivity index is 1.63. The lowest BCUT2D eigenvalue weighted by molar-refractivity contribution is -0.139. The van der Waals surface area contributed by atoms with Gasteiger partial charge in [-0.05, 0) is 0 Å². The van der Waals surface area contributed by atoms with E-state index in [0.717, 1.165) is 32.8 Å². The van der Waals surface area contributed by atoms with Crippen LogP contribution in [-0.2, 0) is 19.1 Å². The number of carbonyl (C=O) groups is 3. The van der Waals surface area contributed by atoms with E-state index in [0.29, 0.717) is 45.6 Å². The molecule has 0 radical (unpaired) electrons. The lowest BCUT2D eigenvalue weighted by Gasteiger charge is -2.35. The second-order valence-electron chi connectivity index (χ2n) is 6.20. The number of rotatable bonds is 6. The first kappa shape index (κ1) is 18.7. The molecule has 2 fully saturated rings. The molecule has 8 nitrogen and oxygen atoms in total. The number of hydrogen-bond donors (Lipinski definition) is 1. The SMILES string of the molecule is CC(=O)NCCC(=O)N1CCN(C(=O)CCN2CCOCC2)CC1. The van der Waals surface area contributed by atoms with Crippen molar-refractivity contribution in [3.05, 3.63) is 0 Å². The number of nitrogens with one attached hydrogen (secondary N) is 1. The molecule has 1 N–H and O–H groups in total. The summed E-state index contributed by atoms with van der Waals surface area (Å²) in [6.07, 6.45) is 0.834. The molecule has 3 amide bonds. The smallest absolute Gasteiger partial charge is 0.224 e. The Labute approximate surface area is 143 Å². The predicted molar refractivity (Wildman–Crippen MR) is 88.3 cm³/mol. The summed E-state index contributed by atoms with van der Waals surface area (Å²) in [4.78, 5) is 41.0. The Morgan fingerprint density at radius 2 is 1.42 bits per heavy atom. The van der Waals surface area contributed by atoms with Gasteiger partial charge in [0.05, 0.1) is 13.2 Å². The maximum atomic E-state index is 12.3. The molecule has 24 heavy (non-hydrogen) atoms. The molecular formula is C16H28N4O4. The molecule has 0 aromatic carbocycles. The van der Waals surface area contributed by atoms with E-state index >= 15 is 0 Å². The van der Waals surface area contributed by atoms with Crippen LogP contribution in [-0.4, -0.2) is 98.0 Å². The predicted octanol–water partition coefficient (Wildman–Crippen LogP) is -1.09. The highest BCUT2D eigenvalue weighted by atomic mass is 16.5. The molecule has 0 aromatic rings. The standard InChI is InChI=1S/C16H28N4O4/c1-14(21)17-4-2-15(22)19-6-8-20(9-7-19)16(23)3-5-18-10-12-24-13-11-18/h2-13H2,1H3,(H,17,21). The zero-order valence-corrected chi connectivity index (χ0v) is 14.5. The maximum absolute atomic E-state index is 12.3. The summed E-state index contributed by atoms with van der Waals surface area (Å²) in [6, 6.07) is 0. The summed E-state index contributed by atoms with van der Waals surface area (Å²) in [5, 5.41) is 2.63. The summed E-state index contributed by atoms with van der Waals surface area (Å²) >= 11 is 0. The van der Waals surface area contributed by atoms with E-state index in [9.17, 15) is 14.4 Å². The Morgan fingerprint density at radius 3 is 1.96 bits per heavy atom. The highest BCUT2D eigenvalue weighted by Gasteiger charge is 2.24. The molecule has 0 bridgehead atoms. The van der Waals surface area contributed by atoms with Crippen LogP contribution < -0.4 is 5.32 Å². The van der Waals surface area contributed by atoms with Crippen molar-refractivity contribution in [3.8, 4) is 0 Å². The molecule has 0 aliphatic carbocycles. The maximum Gasteiger partial charge on any atom is 0.224 e. The van der Waals surface area contributed by atoms with E-state index in [2.05, 4.69) is 10.2 Å². The van der Waals surface area contributed by atoms with E-state index in [4.69, 9.17) is 4.74 Å². The van der Waals surface area contributed by atoms with Gasteiger partial charge in [0.1, 0.15) is 0 Å². The molecule has 2 rings (SSSR count). The van der Waals surface area contributed by atoms with E-state index < -0.39 is 0 Å². The molecule has 136 valence electrons. The summed E-state index contributed by atoms with van der Waals surface area (Å²) in [6.45, 7) is 8.18. The lowest BCUT2D eigenvalue weighted by atomic mass is 10.2. The van der Waals surface area contributed by atoms with Crippen molar-refractivity contribution in [3.63, 3.8) is 0 Å². The van der Waals surface area contributed by atoms with Crippen LogP contribution in [0.1, 0.15) is 19.8 Å². The number of amides is 3. The average molecular weight is 340 g/mol. The lowest BCUT2D eigenvalue weighted by Crippen LogP contribution is -2.51. The quantitative estimate of drug-likeness (QED) is 0.664. The Hall–Kier alpha value is -1.67. The van der Waals surface area contributed by atoms with Crippen molar-refractivity contribution in [2.45, 2.75) is 19.8 Å². The number of hydrogen-bond acceptors (Lipinski definition) is 5. The molecule has 2 aliphatic heterocycles. The van der Waals surface area contributed by atoms with Crippen LogP contribution >= 0.6 is 0 Å². The number of morpholine rings is 1. The van der Waals surface area contributed by atoms with E-state index in [1.807, 2.05) is 4.90 Å². The van der Waals surface area contributed by atoms with Gasteiger partial charge in [0, 0.05) is 72.1 Å². The van der Waals surface area contributed by atoms with Gasteiger partial charge in [-0.2, -0.15) is 0 Å². The van der Waals surface area contributed by atoms with Gasteiger partial charge in [-0.25, -0.2) is 0 Å². The van der Waals surface area contributed by atoms with Crippen LogP contribution in [0.4, 0.5) is 0 Å². The first-order valence-electron chi connectivity index (χ1n) is 8.66. The van der Waals surface area contributed by atoms with E-state index in [1.54, 1.807) is 4.90 Å². The van der Waals surface area contributed by atoms with Gasteiger partial charge in [0.25, 0.3) is 0 Å². The van der Waals surface area contributed by atoms with Gasteiger partial charge >= 0.3 is 0 Å². The van der Waals surface area contributed by atoms with Crippen molar-refractivity contribution < 1.29 is 19.1 Å². The zero-order chi connectivity index (χ0) is 17.4. The highest BCUT2D eigenvalue weighted by molar-refractivity contribution is 5.79. The Morgan fingerprint density at radius 1 is 0.875 bits per heavy atom. The second-order valence-corrected chi connectivity index (χ2v) is 6.20. The van der Waals surface area contributed by atoms with Crippen LogP contribution in [0.5, 0.6) is 0 Å².